The fraction of sp³-hybridized carbons (Fsp3) is 0.538. The predicted octanol–water partition coefficient (Wildman–Crippen LogP) is 2.36. The molecule has 120 valence electrons. The van der Waals surface area contributed by atoms with Gasteiger partial charge in [0.2, 0.25) is 10.0 Å². The first-order valence-electron chi connectivity index (χ1n) is 6.54. The van der Waals surface area contributed by atoms with Crippen molar-refractivity contribution in [3.8, 4) is 0 Å². The summed E-state index contributed by atoms with van der Waals surface area (Å²) >= 11 is 0. The Kier molecular flexibility index (Phi) is 6.18. The molecule has 3 N–H and O–H groups in total. The van der Waals surface area contributed by atoms with Gasteiger partial charge >= 0.3 is 6.18 Å². The van der Waals surface area contributed by atoms with Crippen LogP contribution in [0.4, 0.5) is 13.2 Å². The van der Waals surface area contributed by atoms with E-state index in [0.717, 1.165) is 24.6 Å². The monoisotopic (exact) mass is 324 g/mol. The summed E-state index contributed by atoms with van der Waals surface area (Å²) in [4.78, 5) is -0.385. The van der Waals surface area contributed by atoms with Gasteiger partial charge in [-0.2, -0.15) is 13.2 Å². The molecular formula is C13H19F3N2O2S. The Balaban J connectivity index is 2.71. The van der Waals surface area contributed by atoms with Gasteiger partial charge < -0.3 is 5.73 Å². The number of rotatable bonds is 7. The molecule has 0 amide bonds. The third-order valence-electron chi connectivity index (χ3n) is 3.04. The van der Waals surface area contributed by atoms with Crippen LogP contribution in [-0.4, -0.2) is 21.5 Å². The van der Waals surface area contributed by atoms with E-state index >= 15 is 0 Å². The maximum Gasteiger partial charge on any atom is 0.416 e. The van der Waals surface area contributed by atoms with Crippen molar-refractivity contribution in [3.63, 3.8) is 0 Å². The lowest BCUT2D eigenvalue weighted by Gasteiger charge is -2.11. The van der Waals surface area contributed by atoms with Gasteiger partial charge in [-0.05, 0) is 43.5 Å². The molecule has 1 aromatic carbocycles. The molecule has 0 spiro atoms. The lowest BCUT2D eigenvalue weighted by molar-refractivity contribution is -0.137. The van der Waals surface area contributed by atoms with Crippen molar-refractivity contribution < 1.29 is 21.6 Å². The van der Waals surface area contributed by atoms with E-state index in [9.17, 15) is 21.6 Å². The molecule has 0 aromatic heterocycles. The second-order valence-electron chi connectivity index (χ2n) is 4.91. The molecule has 0 aliphatic rings. The molecule has 0 saturated heterocycles. The van der Waals surface area contributed by atoms with E-state index in [1.54, 1.807) is 0 Å². The van der Waals surface area contributed by atoms with Crippen LogP contribution in [0.5, 0.6) is 0 Å². The maximum absolute atomic E-state index is 12.6. The molecule has 1 unspecified atom stereocenters. The summed E-state index contributed by atoms with van der Waals surface area (Å²) in [5.74, 6) is 0.281. The highest BCUT2D eigenvalue weighted by Crippen LogP contribution is 2.30. The van der Waals surface area contributed by atoms with E-state index < -0.39 is 21.8 Å². The zero-order chi connectivity index (χ0) is 16.1. The zero-order valence-corrected chi connectivity index (χ0v) is 12.5. The van der Waals surface area contributed by atoms with Crippen LogP contribution in [0.2, 0.25) is 0 Å². The van der Waals surface area contributed by atoms with Crippen LogP contribution in [0.15, 0.2) is 29.2 Å². The van der Waals surface area contributed by atoms with Crippen LogP contribution in [0, 0.1) is 5.92 Å². The number of hydrogen-bond donors (Lipinski definition) is 2. The number of alkyl halides is 3. The summed E-state index contributed by atoms with van der Waals surface area (Å²) in [5, 5.41) is 0. The lowest BCUT2D eigenvalue weighted by Crippen LogP contribution is -2.26. The van der Waals surface area contributed by atoms with Gasteiger partial charge in [0, 0.05) is 6.54 Å². The number of nitrogens with two attached hydrogens (primary N) is 1. The third-order valence-corrected chi connectivity index (χ3v) is 4.50. The largest absolute Gasteiger partial charge is 0.416 e. The minimum absolute atomic E-state index is 0.170. The van der Waals surface area contributed by atoms with Crippen LogP contribution in [0.25, 0.3) is 0 Å². The SMILES string of the molecule is CC(CN)CCCNS(=O)(=O)c1cccc(C(F)(F)F)c1. The van der Waals surface area contributed by atoms with Crippen molar-refractivity contribution in [2.24, 2.45) is 11.7 Å². The van der Waals surface area contributed by atoms with Gasteiger partial charge in [0.25, 0.3) is 0 Å². The van der Waals surface area contributed by atoms with Gasteiger partial charge in [-0.25, -0.2) is 13.1 Å². The first-order valence-corrected chi connectivity index (χ1v) is 8.02. The van der Waals surface area contributed by atoms with E-state index in [1.807, 2.05) is 6.92 Å². The number of benzene rings is 1. The van der Waals surface area contributed by atoms with Crippen LogP contribution < -0.4 is 10.5 Å². The Morgan fingerprint density at radius 2 is 2.00 bits per heavy atom. The summed E-state index contributed by atoms with van der Waals surface area (Å²) in [7, 11) is -3.93. The van der Waals surface area contributed by atoms with Crippen molar-refractivity contribution in [2.75, 3.05) is 13.1 Å². The molecule has 0 aliphatic carbocycles. The average Bonchev–Trinajstić information content (AvgIpc) is 2.42. The highest BCUT2D eigenvalue weighted by molar-refractivity contribution is 7.89. The molecule has 21 heavy (non-hydrogen) atoms. The molecule has 1 atom stereocenters. The summed E-state index contributed by atoms with van der Waals surface area (Å²) in [6, 6.07) is 3.68. The van der Waals surface area contributed by atoms with Gasteiger partial charge in [0.05, 0.1) is 10.5 Å². The molecule has 0 bridgehead atoms. The summed E-state index contributed by atoms with van der Waals surface area (Å²) in [5.41, 5.74) is 4.46. The molecule has 1 rings (SSSR count). The fourth-order valence-corrected chi connectivity index (χ4v) is 2.82. The van der Waals surface area contributed by atoms with Gasteiger partial charge in [-0.3, -0.25) is 0 Å². The highest BCUT2D eigenvalue weighted by Gasteiger charge is 2.31. The van der Waals surface area contributed by atoms with Crippen molar-refractivity contribution in [2.45, 2.75) is 30.8 Å². The van der Waals surface area contributed by atoms with Crippen LogP contribution in [0.1, 0.15) is 25.3 Å². The number of halogens is 3. The third kappa shape index (κ3) is 5.64. The summed E-state index contributed by atoms with van der Waals surface area (Å²) in [6.07, 6.45) is -3.24. The van der Waals surface area contributed by atoms with E-state index in [4.69, 9.17) is 5.73 Å². The van der Waals surface area contributed by atoms with Crippen molar-refractivity contribution >= 4 is 10.0 Å². The van der Waals surface area contributed by atoms with Crippen LogP contribution >= 0.6 is 0 Å². The first kappa shape index (κ1) is 17.9. The van der Waals surface area contributed by atoms with Crippen molar-refractivity contribution in [1.29, 1.82) is 0 Å². The number of sulfonamides is 1. The minimum Gasteiger partial charge on any atom is -0.330 e. The predicted molar refractivity (Wildman–Crippen MR) is 74.1 cm³/mol. The highest BCUT2D eigenvalue weighted by atomic mass is 32.2. The first-order chi connectivity index (χ1) is 9.66. The Morgan fingerprint density at radius 3 is 2.57 bits per heavy atom. The molecule has 1 aromatic rings. The summed E-state index contributed by atoms with van der Waals surface area (Å²) in [6.45, 7) is 2.63. The molecule has 0 saturated carbocycles. The molecule has 0 heterocycles. The standard InChI is InChI=1S/C13H19F3N2O2S/c1-10(9-17)4-3-7-18-21(19,20)12-6-2-5-11(8-12)13(14,15)16/h2,5-6,8,10,18H,3-4,7,9,17H2,1H3. The van der Waals surface area contributed by atoms with Gasteiger partial charge in [-0.15, -0.1) is 0 Å². The minimum atomic E-state index is -4.57. The Hall–Kier alpha value is -1.12. The fourth-order valence-electron chi connectivity index (χ4n) is 1.70. The zero-order valence-electron chi connectivity index (χ0n) is 11.7. The molecule has 4 nitrogen and oxygen atoms in total. The van der Waals surface area contributed by atoms with E-state index in [1.165, 1.54) is 0 Å². The molecule has 8 heteroatoms. The van der Waals surface area contributed by atoms with E-state index in [-0.39, 0.29) is 17.4 Å². The Labute approximate surface area is 122 Å². The smallest absolute Gasteiger partial charge is 0.330 e. The van der Waals surface area contributed by atoms with Crippen molar-refractivity contribution in [1.82, 2.24) is 4.72 Å². The summed E-state index contributed by atoms with van der Waals surface area (Å²) < 4.78 is 63.8. The van der Waals surface area contributed by atoms with Gasteiger partial charge in [0.15, 0.2) is 0 Å². The second-order valence-corrected chi connectivity index (χ2v) is 6.67. The molecule has 0 radical (unpaired) electrons. The van der Waals surface area contributed by atoms with Gasteiger partial charge in [-0.1, -0.05) is 13.0 Å². The van der Waals surface area contributed by atoms with Crippen LogP contribution in [0.3, 0.4) is 0 Å². The maximum atomic E-state index is 12.6. The van der Waals surface area contributed by atoms with Gasteiger partial charge in [0.1, 0.15) is 0 Å². The van der Waals surface area contributed by atoms with Crippen LogP contribution in [-0.2, 0) is 16.2 Å². The average molecular weight is 324 g/mol. The quantitative estimate of drug-likeness (QED) is 0.756. The molecule has 0 aliphatic heterocycles. The molecule has 0 fully saturated rings. The normalized spacial score (nSPS) is 14.1. The van der Waals surface area contributed by atoms with E-state index in [2.05, 4.69) is 4.72 Å². The topological polar surface area (TPSA) is 72.2 Å². The Morgan fingerprint density at radius 1 is 1.33 bits per heavy atom. The molecular weight excluding hydrogens is 305 g/mol. The Bertz CT molecular complexity index is 559. The lowest BCUT2D eigenvalue weighted by atomic mass is 10.1. The second kappa shape index (κ2) is 7.24. The van der Waals surface area contributed by atoms with Crippen molar-refractivity contribution in [3.05, 3.63) is 29.8 Å². The number of hydrogen-bond acceptors (Lipinski definition) is 3. The number of nitrogens with one attached hydrogen (secondary N) is 1. The van der Waals surface area contributed by atoms with E-state index in [0.29, 0.717) is 19.0 Å².